The zero-order chi connectivity index (χ0) is 18.0. The summed E-state index contributed by atoms with van der Waals surface area (Å²) in [6, 6.07) is 9.90. The molecular weight excluding hydrogens is 355 g/mol. The van der Waals surface area contributed by atoms with Gasteiger partial charge in [-0.1, -0.05) is 24.3 Å². The van der Waals surface area contributed by atoms with Gasteiger partial charge in [-0.3, -0.25) is 5.10 Å². The van der Waals surface area contributed by atoms with Crippen molar-refractivity contribution < 1.29 is 21.6 Å². The molecule has 0 saturated heterocycles. The van der Waals surface area contributed by atoms with Crippen molar-refractivity contribution in [3.05, 3.63) is 71.7 Å². The summed E-state index contributed by atoms with van der Waals surface area (Å²) in [4.78, 5) is -0.944. The van der Waals surface area contributed by atoms with Crippen LogP contribution in [-0.4, -0.2) is 18.6 Å². The van der Waals surface area contributed by atoms with Gasteiger partial charge < -0.3 is 0 Å². The van der Waals surface area contributed by atoms with Gasteiger partial charge in [-0.15, -0.1) is 0 Å². The number of halogens is 3. The van der Waals surface area contributed by atoms with Crippen molar-refractivity contribution in [1.82, 2.24) is 14.9 Å². The molecule has 1 heterocycles. The van der Waals surface area contributed by atoms with E-state index in [1.54, 1.807) is 36.5 Å². The van der Waals surface area contributed by atoms with Crippen molar-refractivity contribution >= 4 is 10.0 Å². The van der Waals surface area contributed by atoms with Gasteiger partial charge in [-0.2, -0.15) is 5.10 Å². The number of nitrogens with zero attached hydrogens (tertiary/aromatic N) is 1. The summed E-state index contributed by atoms with van der Waals surface area (Å²) in [5.74, 6) is -5.03. The van der Waals surface area contributed by atoms with Crippen molar-refractivity contribution in [3.63, 3.8) is 0 Å². The quantitative estimate of drug-likeness (QED) is 0.681. The molecule has 0 fully saturated rings. The molecule has 0 aliphatic rings. The van der Waals surface area contributed by atoms with Crippen LogP contribution in [0.15, 0.2) is 53.6 Å². The summed E-state index contributed by atoms with van der Waals surface area (Å²) in [6.45, 7) is -0.135. The Bertz CT molecular complexity index is 988. The maximum Gasteiger partial charge on any atom is 0.243 e. The van der Waals surface area contributed by atoms with Crippen molar-refractivity contribution in [2.24, 2.45) is 0 Å². The fourth-order valence-corrected chi connectivity index (χ4v) is 3.28. The Hall–Kier alpha value is -2.65. The maximum atomic E-state index is 13.7. The molecule has 2 N–H and O–H groups in total. The minimum absolute atomic E-state index is 0.135. The molecule has 0 radical (unpaired) electrons. The molecule has 25 heavy (non-hydrogen) atoms. The smallest absolute Gasteiger partial charge is 0.243 e. The highest BCUT2D eigenvalue weighted by Crippen LogP contribution is 2.20. The molecule has 2 aromatic carbocycles. The second kappa shape index (κ2) is 6.69. The summed E-state index contributed by atoms with van der Waals surface area (Å²) in [5, 5.41) is 6.63. The number of rotatable bonds is 5. The van der Waals surface area contributed by atoms with Crippen molar-refractivity contribution in [2.75, 3.05) is 0 Å². The zero-order valence-corrected chi connectivity index (χ0v) is 13.4. The molecule has 0 atom stereocenters. The lowest BCUT2D eigenvalue weighted by atomic mass is 10.1. The van der Waals surface area contributed by atoms with E-state index in [0.717, 1.165) is 11.3 Å². The van der Waals surface area contributed by atoms with E-state index in [4.69, 9.17) is 0 Å². The van der Waals surface area contributed by atoms with Crippen molar-refractivity contribution in [2.45, 2.75) is 11.4 Å². The lowest BCUT2D eigenvalue weighted by molar-refractivity contribution is 0.431. The molecule has 5 nitrogen and oxygen atoms in total. The Labute approximate surface area is 141 Å². The van der Waals surface area contributed by atoms with Gasteiger partial charge in [0.25, 0.3) is 0 Å². The number of nitrogens with one attached hydrogen (secondary N) is 2. The van der Waals surface area contributed by atoms with E-state index < -0.39 is 32.4 Å². The third kappa shape index (κ3) is 3.57. The van der Waals surface area contributed by atoms with Gasteiger partial charge >= 0.3 is 0 Å². The van der Waals surface area contributed by atoms with Gasteiger partial charge in [0.15, 0.2) is 17.5 Å². The van der Waals surface area contributed by atoms with Crippen LogP contribution >= 0.6 is 0 Å². The van der Waals surface area contributed by atoms with E-state index in [9.17, 15) is 21.6 Å². The molecule has 0 bridgehead atoms. The largest absolute Gasteiger partial charge is 0.278 e. The molecule has 0 amide bonds. The Morgan fingerprint density at radius 1 is 0.960 bits per heavy atom. The normalized spacial score (nSPS) is 11.6. The molecule has 0 aliphatic carbocycles. The monoisotopic (exact) mass is 367 g/mol. The Morgan fingerprint density at radius 2 is 1.68 bits per heavy atom. The average Bonchev–Trinajstić information content (AvgIpc) is 3.13. The lowest BCUT2D eigenvalue weighted by Crippen LogP contribution is -2.24. The summed E-state index contributed by atoms with van der Waals surface area (Å²) in [7, 11) is -4.33. The van der Waals surface area contributed by atoms with Crippen LogP contribution in [0.2, 0.25) is 0 Å². The third-order valence-electron chi connectivity index (χ3n) is 3.52. The highest BCUT2D eigenvalue weighted by Gasteiger charge is 2.23. The van der Waals surface area contributed by atoms with Crippen LogP contribution < -0.4 is 4.72 Å². The molecule has 130 valence electrons. The summed E-state index contributed by atoms with van der Waals surface area (Å²) < 4.78 is 66.1. The van der Waals surface area contributed by atoms with Gasteiger partial charge in [0.05, 0.1) is 5.69 Å². The summed E-state index contributed by atoms with van der Waals surface area (Å²) >= 11 is 0. The number of benzene rings is 2. The Balaban J connectivity index is 1.75. The average molecular weight is 367 g/mol. The first-order chi connectivity index (χ1) is 11.9. The standard InChI is InChI=1S/C16H12F3N3O2S/c17-12-5-6-14(16(19)15(12)18)25(23,24)21-9-10-1-3-11(4-2-10)13-7-8-20-22-13/h1-8,21H,9H2,(H,20,22). The first-order valence-corrected chi connectivity index (χ1v) is 8.58. The molecule has 0 spiro atoms. The van der Waals surface area contributed by atoms with E-state index >= 15 is 0 Å². The molecule has 9 heteroatoms. The first-order valence-electron chi connectivity index (χ1n) is 7.10. The van der Waals surface area contributed by atoms with E-state index in [0.29, 0.717) is 17.7 Å². The number of hydrogen-bond donors (Lipinski definition) is 2. The maximum absolute atomic E-state index is 13.7. The lowest BCUT2D eigenvalue weighted by Gasteiger charge is -2.09. The highest BCUT2D eigenvalue weighted by atomic mass is 32.2. The van der Waals surface area contributed by atoms with Crippen molar-refractivity contribution in [1.29, 1.82) is 0 Å². The predicted octanol–water partition coefficient (Wildman–Crippen LogP) is 2.97. The number of hydrogen-bond acceptors (Lipinski definition) is 3. The second-order valence-electron chi connectivity index (χ2n) is 5.17. The predicted molar refractivity (Wildman–Crippen MR) is 84.4 cm³/mol. The number of H-pyrrole nitrogens is 1. The van der Waals surface area contributed by atoms with Crippen molar-refractivity contribution in [3.8, 4) is 11.3 Å². The van der Waals surface area contributed by atoms with Gasteiger partial charge in [0, 0.05) is 12.7 Å². The fraction of sp³-hybridized carbons (Fsp3) is 0.0625. The van der Waals surface area contributed by atoms with Gasteiger partial charge in [-0.05, 0) is 29.3 Å². The minimum atomic E-state index is -4.33. The molecule has 0 saturated carbocycles. The topological polar surface area (TPSA) is 74.8 Å². The highest BCUT2D eigenvalue weighted by molar-refractivity contribution is 7.89. The van der Waals surface area contributed by atoms with E-state index in [2.05, 4.69) is 14.9 Å². The number of aromatic nitrogens is 2. The van der Waals surface area contributed by atoms with Crippen LogP contribution in [0.5, 0.6) is 0 Å². The molecule has 3 rings (SSSR count). The fourth-order valence-electron chi connectivity index (χ4n) is 2.19. The Morgan fingerprint density at radius 3 is 2.32 bits per heavy atom. The van der Waals surface area contributed by atoms with Crippen LogP contribution in [-0.2, 0) is 16.6 Å². The molecule has 0 aliphatic heterocycles. The minimum Gasteiger partial charge on any atom is -0.278 e. The molecule has 0 unspecified atom stereocenters. The van der Waals surface area contributed by atoms with Crippen LogP contribution in [0, 0.1) is 17.5 Å². The van der Waals surface area contributed by atoms with Crippen LogP contribution in [0.25, 0.3) is 11.3 Å². The second-order valence-corrected chi connectivity index (χ2v) is 6.90. The van der Waals surface area contributed by atoms with E-state index in [-0.39, 0.29) is 6.54 Å². The van der Waals surface area contributed by atoms with E-state index in [1.807, 2.05) is 0 Å². The summed E-state index contributed by atoms with van der Waals surface area (Å²) in [5.41, 5.74) is 2.27. The Kier molecular flexibility index (Phi) is 4.60. The molecule has 3 aromatic rings. The van der Waals surface area contributed by atoms with Gasteiger partial charge in [0.1, 0.15) is 4.90 Å². The number of aromatic amines is 1. The van der Waals surface area contributed by atoms with Gasteiger partial charge in [-0.25, -0.2) is 26.3 Å². The van der Waals surface area contributed by atoms with Gasteiger partial charge in [0.2, 0.25) is 10.0 Å². The molecule has 1 aromatic heterocycles. The summed E-state index contributed by atoms with van der Waals surface area (Å²) in [6.07, 6.45) is 1.60. The van der Waals surface area contributed by atoms with Crippen LogP contribution in [0.4, 0.5) is 13.2 Å². The van der Waals surface area contributed by atoms with Crippen LogP contribution in [0.3, 0.4) is 0 Å². The van der Waals surface area contributed by atoms with Crippen LogP contribution in [0.1, 0.15) is 5.56 Å². The SMILES string of the molecule is O=S(=O)(NCc1ccc(-c2ccn[nH]2)cc1)c1ccc(F)c(F)c1F. The molecular formula is C16H12F3N3O2S. The zero-order valence-electron chi connectivity index (χ0n) is 12.6. The third-order valence-corrected chi connectivity index (χ3v) is 4.94. The first kappa shape index (κ1) is 17.2. The van der Waals surface area contributed by atoms with E-state index in [1.165, 1.54) is 0 Å². The number of sulfonamides is 1.